The van der Waals surface area contributed by atoms with E-state index in [1.54, 1.807) is 6.07 Å². The SMILES string of the molecule is O=C(NC[C@@H]1COc2ccccc2O1)c1cc(S(=O)(=O)N2CCCC2)ccc1Cl. The van der Waals surface area contributed by atoms with E-state index in [1.165, 1.54) is 22.5 Å². The molecular weight excluding hydrogens is 416 g/mol. The average molecular weight is 437 g/mol. The van der Waals surface area contributed by atoms with Gasteiger partial charge in [-0.15, -0.1) is 0 Å². The predicted molar refractivity (Wildman–Crippen MR) is 108 cm³/mol. The Morgan fingerprint density at radius 3 is 2.62 bits per heavy atom. The third-order valence-electron chi connectivity index (χ3n) is 4.94. The molecule has 1 saturated heterocycles. The summed E-state index contributed by atoms with van der Waals surface area (Å²) in [5, 5.41) is 2.94. The van der Waals surface area contributed by atoms with Gasteiger partial charge >= 0.3 is 0 Å². The first-order valence-corrected chi connectivity index (χ1v) is 11.2. The maximum Gasteiger partial charge on any atom is 0.252 e. The number of benzene rings is 2. The fourth-order valence-corrected chi connectivity index (χ4v) is 5.13. The lowest BCUT2D eigenvalue weighted by atomic mass is 10.2. The normalized spacial score (nSPS) is 19.1. The van der Waals surface area contributed by atoms with E-state index in [4.69, 9.17) is 21.1 Å². The summed E-state index contributed by atoms with van der Waals surface area (Å²) in [6.07, 6.45) is 1.32. The molecule has 1 amide bonds. The molecule has 29 heavy (non-hydrogen) atoms. The van der Waals surface area contributed by atoms with E-state index in [1.807, 2.05) is 18.2 Å². The molecule has 9 heteroatoms. The van der Waals surface area contributed by atoms with Crippen LogP contribution in [0.15, 0.2) is 47.4 Å². The first kappa shape index (κ1) is 20.0. The zero-order chi connectivity index (χ0) is 20.4. The highest BCUT2D eigenvalue weighted by Crippen LogP contribution is 2.31. The molecule has 0 bridgehead atoms. The van der Waals surface area contributed by atoms with Gasteiger partial charge in [0.1, 0.15) is 12.7 Å². The van der Waals surface area contributed by atoms with Crippen molar-refractivity contribution in [3.63, 3.8) is 0 Å². The Bertz CT molecular complexity index is 1020. The molecule has 0 saturated carbocycles. The summed E-state index contributed by atoms with van der Waals surface area (Å²) < 4.78 is 38.4. The van der Waals surface area contributed by atoms with Crippen LogP contribution in [0.5, 0.6) is 11.5 Å². The summed E-state index contributed by atoms with van der Waals surface area (Å²) in [6, 6.07) is 11.5. The number of halogens is 1. The molecule has 0 aliphatic carbocycles. The van der Waals surface area contributed by atoms with Gasteiger partial charge in [0, 0.05) is 13.1 Å². The van der Waals surface area contributed by atoms with Gasteiger partial charge in [-0.05, 0) is 43.2 Å². The number of fused-ring (bicyclic) bond motifs is 1. The van der Waals surface area contributed by atoms with Crippen molar-refractivity contribution in [1.82, 2.24) is 9.62 Å². The number of sulfonamides is 1. The van der Waals surface area contributed by atoms with Crippen molar-refractivity contribution in [1.29, 1.82) is 0 Å². The van der Waals surface area contributed by atoms with E-state index in [0.717, 1.165) is 12.8 Å². The minimum Gasteiger partial charge on any atom is -0.486 e. The molecule has 1 fully saturated rings. The molecule has 2 aliphatic heterocycles. The molecule has 2 aromatic carbocycles. The second kappa shape index (κ2) is 8.22. The topological polar surface area (TPSA) is 84.9 Å². The number of hydrogen-bond acceptors (Lipinski definition) is 5. The molecule has 0 radical (unpaired) electrons. The lowest BCUT2D eigenvalue weighted by molar-refractivity contribution is 0.0789. The Kier molecular flexibility index (Phi) is 5.67. The van der Waals surface area contributed by atoms with E-state index >= 15 is 0 Å². The number of nitrogens with zero attached hydrogens (tertiary/aromatic N) is 1. The van der Waals surface area contributed by atoms with Crippen LogP contribution < -0.4 is 14.8 Å². The summed E-state index contributed by atoms with van der Waals surface area (Å²) in [5.74, 6) is 0.823. The van der Waals surface area contributed by atoms with E-state index in [9.17, 15) is 13.2 Å². The molecule has 0 aromatic heterocycles. The van der Waals surface area contributed by atoms with Gasteiger partial charge in [0.15, 0.2) is 11.5 Å². The number of nitrogens with one attached hydrogen (secondary N) is 1. The average Bonchev–Trinajstić information content (AvgIpc) is 3.28. The van der Waals surface area contributed by atoms with Gasteiger partial charge in [0.05, 0.1) is 22.0 Å². The summed E-state index contributed by atoms with van der Waals surface area (Å²) >= 11 is 6.16. The summed E-state index contributed by atoms with van der Waals surface area (Å²) in [6.45, 7) is 1.49. The third kappa shape index (κ3) is 4.19. The Labute approximate surface area is 174 Å². The maximum absolute atomic E-state index is 12.8. The van der Waals surface area contributed by atoms with Crippen molar-refractivity contribution in [3.05, 3.63) is 53.1 Å². The molecule has 7 nitrogen and oxygen atoms in total. The minimum absolute atomic E-state index is 0.0696. The number of rotatable bonds is 5. The molecule has 4 rings (SSSR count). The monoisotopic (exact) mass is 436 g/mol. The smallest absolute Gasteiger partial charge is 0.252 e. The van der Waals surface area contributed by atoms with E-state index in [2.05, 4.69) is 5.32 Å². The van der Waals surface area contributed by atoms with Gasteiger partial charge in [-0.3, -0.25) is 4.79 Å². The van der Waals surface area contributed by atoms with Crippen LogP contribution >= 0.6 is 11.6 Å². The summed E-state index contributed by atoms with van der Waals surface area (Å²) in [7, 11) is -3.63. The van der Waals surface area contributed by atoms with Crippen LogP contribution in [0.25, 0.3) is 0 Å². The lowest BCUT2D eigenvalue weighted by Crippen LogP contribution is -2.40. The van der Waals surface area contributed by atoms with Gasteiger partial charge in [0.25, 0.3) is 5.91 Å². The number of carbonyl (C=O) groups is 1. The number of carbonyl (C=O) groups excluding carboxylic acids is 1. The molecule has 2 heterocycles. The number of ether oxygens (including phenoxy) is 2. The van der Waals surface area contributed by atoms with Crippen LogP contribution in [0.1, 0.15) is 23.2 Å². The van der Waals surface area contributed by atoms with Crippen LogP contribution in [-0.2, 0) is 10.0 Å². The molecule has 2 aliphatic rings. The van der Waals surface area contributed by atoms with Gasteiger partial charge in [0.2, 0.25) is 10.0 Å². The van der Waals surface area contributed by atoms with Crippen LogP contribution in [0.3, 0.4) is 0 Å². The molecule has 0 spiro atoms. The van der Waals surface area contributed by atoms with E-state index < -0.39 is 15.9 Å². The van der Waals surface area contributed by atoms with Crippen LogP contribution in [0, 0.1) is 0 Å². The van der Waals surface area contributed by atoms with E-state index in [-0.39, 0.29) is 28.1 Å². The van der Waals surface area contributed by atoms with Crippen molar-refractivity contribution in [2.75, 3.05) is 26.2 Å². The molecule has 0 unspecified atom stereocenters. The fourth-order valence-electron chi connectivity index (χ4n) is 3.38. The number of amides is 1. The van der Waals surface area contributed by atoms with Gasteiger partial charge < -0.3 is 14.8 Å². The first-order valence-electron chi connectivity index (χ1n) is 9.41. The first-order chi connectivity index (χ1) is 13.9. The van der Waals surface area contributed by atoms with Crippen molar-refractivity contribution in [2.24, 2.45) is 0 Å². The second-order valence-corrected chi connectivity index (χ2v) is 9.31. The Morgan fingerprint density at radius 1 is 1.14 bits per heavy atom. The van der Waals surface area contributed by atoms with Crippen LogP contribution in [-0.4, -0.2) is 51.0 Å². The molecular formula is C20H21ClN2O5S. The number of hydrogen-bond donors (Lipinski definition) is 1. The zero-order valence-electron chi connectivity index (χ0n) is 15.6. The van der Waals surface area contributed by atoms with Crippen molar-refractivity contribution < 1.29 is 22.7 Å². The zero-order valence-corrected chi connectivity index (χ0v) is 17.2. The third-order valence-corrected chi connectivity index (χ3v) is 7.17. The standard InChI is InChI=1S/C20H21ClN2O5S/c21-17-8-7-15(29(25,26)23-9-3-4-10-23)11-16(17)20(24)22-12-14-13-27-18-5-1-2-6-19(18)28-14/h1-2,5-8,11,14H,3-4,9-10,12-13H2,(H,22,24)/t14-/m1/s1. The molecule has 1 N–H and O–H groups in total. The highest BCUT2D eigenvalue weighted by molar-refractivity contribution is 7.89. The van der Waals surface area contributed by atoms with Gasteiger partial charge in [-0.25, -0.2) is 8.42 Å². The quantitative estimate of drug-likeness (QED) is 0.778. The lowest BCUT2D eigenvalue weighted by Gasteiger charge is -2.26. The minimum atomic E-state index is -3.63. The highest BCUT2D eigenvalue weighted by Gasteiger charge is 2.28. The Morgan fingerprint density at radius 2 is 1.86 bits per heavy atom. The largest absolute Gasteiger partial charge is 0.486 e. The number of para-hydroxylation sites is 2. The highest BCUT2D eigenvalue weighted by atomic mass is 35.5. The van der Waals surface area contributed by atoms with Crippen molar-refractivity contribution >= 4 is 27.5 Å². The second-order valence-electron chi connectivity index (χ2n) is 6.96. The van der Waals surface area contributed by atoms with E-state index in [0.29, 0.717) is 31.2 Å². The molecule has 2 aromatic rings. The van der Waals surface area contributed by atoms with Gasteiger partial charge in [-0.1, -0.05) is 23.7 Å². The summed E-state index contributed by atoms with van der Waals surface area (Å²) in [4.78, 5) is 12.7. The van der Waals surface area contributed by atoms with Crippen LogP contribution in [0.2, 0.25) is 5.02 Å². The van der Waals surface area contributed by atoms with Crippen LogP contribution in [0.4, 0.5) is 0 Å². The predicted octanol–water partition coefficient (Wildman–Crippen LogP) is 2.69. The Balaban J connectivity index is 1.45. The van der Waals surface area contributed by atoms with Crippen molar-refractivity contribution in [3.8, 4) is 11.5 Å². The fraction of sp³-hybridized carbons (Fsp3) is 0.350. The van der Waals surface area contributed by atoms with Gasteiger partial charge in [-0.2, -0.15) is 4.31 Å². The maximum atomic E-state index is 12.8. The summed E-state index contributed by atoms with van der Waals surface area (Å²) in [5.41, 5.74) is 0.115. The molecule has 154 valence electrons. The molecule has 1 atom stereocenters. The van der Waals surface area contributed by atoms with Crippen molar-refractivity contribution in [2.45, 2.75) is 23.8 Å². The Hall–Kier alpha value is -2.29.